The van der Waals surface area contributed by atoms with E-state index < -0.39 is 0 Å². The summed E-state index contributed by atoms with van der Waals surface area (Å²) in [5, 5.41) is 3.73. The predicted molar refractivity (Wildman–Crippen MR) is 84.5 cm³/mol. The summed E-state index contributed by atoms with van der Waals surface area (Å²) >= 11 is 0. The number of furan rings is 1. The summed E-state index contributed by atoms with van der Waals surface area (Å²) in [4.78, 5) is 6.52. The second-order valence-corrected chi connectivity index (χ2v) is 5.82. The molecule has 1 unspecified atom stereocenters. The molecule has 0 bridgehead atoms. The first-order valence-corrected chi connectivity index (χ1v) is 7.74. The van der Waals surface area contributed by atoms with Gasteiger partial charge in [0, 0.05) is 49.7 Å². The maximum absolute atomic E-state index is 5.41. The van der Waals surface area contributed by atoms with E-state index in [1.807, 2.05) is 24.5 Å². The molecular formula is C17H23N3O. The lowest BCUT2D eigenvalue weighted by molar-refractivity contribution is 0.362. The van der Waals surface area contributed by atoms with Crippen molar-refractivity contribution in [3.63, 3.8) is 0 Å². The van der Waals surface area contributed by atoms with Gasteiger partial charge in [0.05, 0.1) is 6.26 Å². The molecule has 2 aromatic rings. The van der Waals surface area contributed by atoms with Crippen LogP contribution in [0, 0.1) is 0 Å². The Kier molecular flexibility index (Phi) is 4.55. The highest BCUT2D eigenvalue weighted by molar-refractivity contribution is 5.44. The summed E-state index contributed by atoms with van der Waals surface area (Å²) in [6.45, 7) is 4.45. The number of aromatic nitrogens is 1. The van der Waals surface area contributed by atoms with Crippen molar-refractivity contribution < 1.29 is 4.42 Å². The zero-order valence-electron chi connectivity index (χ0n) is 12.5. The second-order valence-electron chi connectivity index (χ2n) is 5.82. The molecule has 3 heterocycles. The van der Waals surface area contributed by atoms with Crippen LogP contribution >= 0.6 is 0 Å². The van der Waals surface area contributed by atoms with E-state index in [1.54, 1.807) is 6.26 Å². The first-order valence-electron chi connectivity index (χ1n) is 7.74. The number of piperidine rings is 1. The van der Waals surface area contributed by atoms with Gasteiger partial charge < -0.3 is 14.6 Å². The number of nitrogens with zero attached hydrogens (tertiary/aromatic N) is 2. The molecule has 0 aliphatic carbocycles. The maximum atomic E-state index is 5.41. The summed E-state index contributed by atoms with van der Waals surface area (Å²) in [6, 6.07) is 9.24. The van der Waals surface area contributed by atoms with Gasteiger partial charge in [-0.3, -0.25) is 4.98 Å². The first kappa shape index (κ1) is 14.1. The van der Waals surface area contributed by atoms with Gasteiger partial charge in [-0.2, -0.15) is 0 Å². The fraction of sp³-hybridized carbons (Fsp3) is 0.471. The fourth-order valence-electron chi connectivity index (χ4n) is 3.05. The number of hydrogen-bond acceptors (Lipinski definition) is 4. The average Bonchev–Trinajstić information content (AvgIpc) is 3.02. The van der Waals surface area contributed by atoms with E-state index in [4.69, 9.17) is 4.42 Å². The molecule has 1 atom stereocenters. The van der Waals surface area contributed by atoms with E-state index in [0.29, 0.717) is 12.1 Å². The molecule has 4 nitrogen and oxygen atoms in total. The third-order valence-corrected chi connectivity index (χ3v) is 4.13. The van der Waals surface area contributed by atoms with Crippen LogP contribution < -0.4 is 10.2 Å². The molecule has 0 amide bonds. The van der Waals surface area contributed by atoms with Gasteiger partial charge in [-0.15, -0.1) is 0 Å². The quantitative estimate of drug-likeness (QED) is 0.917. The highest BCUT2D eigenvalue weighted by Gasteiger charge is 2.20. The van der Waals surface area contributed by atoms with Crippen LogP contribution in [0.2, 0.25) is 0 Å². The Labute approximate surface area is 126 Å². The van der Waals surface area contributed by atoms with E-state index >= 15 is 0 Å². The molecule has 21 heavy (non-hydrogen) atoms. The van der Waals surface area contributed by atoms with Gasteiger partial charge in [-0.05, 0) is 44.0 Å². The molecule has 3 rings (SSSR count). The third kappa shape index (κ3) is 3.85. The number of nitrogens with one attached hydrogen (secondary N) is 1. The number of anilines is 1. The molecule has 0 saturated carbocycles. The average molecular weight is 285 g/mol. The topological polar surface area (TPSA) is 41.3 Å². The normalized spacial score (nSPS) is 17.9. The number of pyridine rings is 1. The van der Waals surface area contributed by atoms with Gasteiger partial charge in [-0.1, -0.05) is 0 Å². The Morgan fingerprint density at radius 2 is 2.05 bits per heavy atom. The van der Waals surface area contributed by atoms with Crippen LogP contribution in [-0.2, 0) is 6.42 Å². The van der Waals surface area contributed by atoms with Gasteiger partial charge in [0.2, 0.25) is 0 Å². The van der Waals surface area contributed by atoms with Gasteiger partial charge in [0.1, 0.15) is 5.76 Å². The summed E-state index contributed by atoms with van der Waals surface area (Å²) in [6.07, 6.45) is 8.80. The zero-order valence-corrected chi connectivity index (χ0v) is 12.5. The molecule has 1 aliphatic rings. The highest BCUT2D eigenvalue weighted by Crippen LogP contribution is 2.19. The van der Waals surface area contributed by atoms with Gasteiger partial charge in [-0.25, -0.2) is 0 Å². The monoisotopic (exact) mass is 285 g/mol. The molecule has 2 aromatic heterocycles. The summed E-state index contributed by atoms with van der Waals surface area (Å²) in [5.41, 5.74) is 1.28. The lowest BCUT2D eigenvalue weighted by Crippen LogP contribution is -2.46. The van der Waals surface area contributed by atoms with Crippen LogP contribution in [0.15, 0.2) is 47.3 Å². The summed E-state index contributed by atoms with van der Waals surface area (Å²) < 4.78 is 5.41. The molecule has 1 aliphatic heterocycles. The van der Waals surface area contributed by atoms with E-state index in [0.717, 1.165) is 25.3 Å². The van der Waals surface area contributed by atoms with Gasteiger partial charge in [0.15, 0.2) is 0 Å². The van der Waals surface area contributed by atoms with Crippen LogP contribution in [-0.4, -0.2) is 30.2 Å². The molecule has 0 spiro atoms. The second kappa shape index (κ2) is 6.76. The number of rotatable bonds is 5. The van der Waals surface area contributed by atoms with Crippen molar-refractivity contribution in [2.75, 3.05) is 18.0 Å². The van der Waals surface area contributed by atoms with Crippen LogP contribution in [0.4, 0.5) is 5.69 Å². The molecule has 4 heteroatoms. The van der Waals surface area contributed by atoms with Crippen molar-refractivity contribution in [3.05, 3.63) is 48.7 Å². The van der Waals surface area contributed by atoms with Crippen molar-refractivity contribution in [2.24, 2.45) is 0 Å². The number of hydrogen-bond donors (Lipinski definition) is 1. The molecule has 0 aromatic carbocycles. The minimum atomic E-state index is 0.452. The minimum absolute atomic E-state index is 0.452. The van der Waals surface area contributed by atoms with Crippen molar-refractivity contribution in [1.82, 2.24) is 10.3 Å². The standard InChI is InChI=1S/C17H23N3O/c1-14(13-17-3-2-12-21-17)19-15-6-10-20(11-7-15)16-4-8-18-9-5-16/h2-5,8-9,12,14-15,19H,6-7,10-11,13H2,1H3. The Morgan fingerprint density at radius 3 is 2.71 bits per heavy atom. The largest absolute Gasteiger partial charge is 0.469 e. The van der Waals surface area contributed by atoms with Crippen LogP contribution in [0.5, 0.6) is 0 Å². The predicted octanol–water partition coefficient (Wildman–Crippen LogP) is 2.86. The van der Waals surface area contributed by atoms with Gasteiger partial charge in [0.25, 0.3) is 0 Å². The summed E-state index contributed by atoms with van der Waals surface area (Å²) in [5.74, 6) is 1.06. The van der Waals surface area contributed by atoms with E-state index in [1.165, 1.54) is 18.5 Å². The first-order chi connectivity index (χ1) is 10.3. The zero-order chi connectivity index (χ0) is 14.5. The van der Waals surface area contributed by atoms with E-state index in [-0.39, 0.29) is 0 Å². The van der Waals surface area contributed by atoms with E-state index in [9.17, 15) is 0 Å². The van der Waals surface area contributed by atoms with Gasteiger partial charge >= 0.3 is 0 Å². The van der Waals surface area contributed by atoms with E-state index in [2.05, 4.69) is 34.3 Å². The van der Waals surface area contributed by atoms with Crippen LogP contribution in [0.1, 0.15) is 25.5 Å². The Balaban J connectivity index is 1.45. The smallest absolute Gasteiger partial charge is 0.105 e. The Bertz CT molecular complexity index is 518. The highest BCUT2D eigenvalue weighted by atomic mass is 16.3. The molecular weight excluding hydrogens is 262 g/mol. The van der Waals surface area contributed by atoms with Crippen molar-refractivity contribution in [3.8, 4) is 0 Å². The maximum Gasteiger partial charge on any atom is 0.105 e. The molecule has 1 fully saturated rings. The third-order valence-electron chi connectivity index (χ3n) is 4.13. The summed E-state index contributed by atoms with van der Waals surface area (Å²) in [7, 11) is 0. The molecule has 112 valence electrons. The van der Waals surface area contributed by atoms with Crippen molar-refractivity contribution >= 4 is 5.69 Å². The Morgan fingerprint density at radius 1 is 1.29 bits per heavy atom. The lowest BCUT2D eigenvalue weighted by atomic mass is 10.0. The SMILES string of the molecule is CC(Cc1ccco1)NC1CCN(c2ccncc2)CC1. The lowest BCUT2D eigenvalue weighted by Gasteiger charge is -2.35. The molecule has 1 N–H and O–H groups in total. The van der Waals surface area contributed by atoms with Crippen LogP contribution in [0.3, 0.4) is 0 Å². The fourth-order valence-corrected chi connectivity index (χ4v) is 3.05. The Hall–Kier alpha value is -1.81. The molecule has 1 saturated heterocycles. The van der Waals surface area contributed by atoms with Crippen molar-refractivity contribution in [1.29, 1.82) is 0 Å². The minimum Gasteiger partial charge on any atom is -0.469 e. The molecule has 0 radical (unpaired) electrons. The van der Waals surface area contributed by atoms with Crippen molar-refractivity contribution in [2.45, 2.75) is 38.3 Å². The van der Waals surface area contributed by atoms with Crippen LogP contribution in [0.25, 0.3) is 0 Å².